The minimum Gasteiger partial charge on any atom is -0.508 e. The van der Waals surface area contributed by atoms with Crippen LogP contribution in [0.4, 0.5) is 0 Å². The molecule has 0 saturated heterocycles. The first-order chi connectivity index (χ1) is 9.92. The zero-order valence-electron chi connectivity index (χ0n) is 12.3. The van der Waals surface area contributed by atoms with Gasteiger partial charge in [-0.3, -0.25) is 4.90 Å². The number of unbranched alkanes of at least 4 members (excludes halogenated alkanes) is 1. The van der Waals surface area contributed by atoms with Gasteiger partial charge in [-0.1, -0.05) is 25.5 Å². The average molecular weight is 299 g/mol. The van der Waals surface area contributed by atoms with E-state index in [0.717, 1.165) is 24.8 Å². The van der Waals surface area contributed by atoms with Crippen molar-refractivity contribution in [3.05, 3.63) is 29.3 Å². The molecule has 0 spiro atoms. The molecule has 1 rings (SSSR count). The minimum atomic E-state index is -1.57. The van der Waals surface area contributed by atoms with E-state index in [0.29, 0.717) is 5.56 Å². The summed E-state index contributed by atoms with van der Waals surface area (Å²) in [5.74, 6) is 0.111. The molecular formula is C15H25NO5. The summed E-state index contributed by atoms with van der Waals surface area (Å²) in [6.45, 7) is 2.06. The molecule has 21 heavy (non-hydrogen) atoms. The zero-order valence-corrected chi connectivity index (χ0v) is 12.3. The van der Waals surface area contributed by atoms with Crippen molar-refractivity contribution in [3.8, 4) is 5.75 Å². The molecule has 120 valence electrons. The van der Waals surface area contributed by atoms with Crippen molar-refractivity contribution in [1.29, 1.82) is 0 Å². The molecule has 0 amide bonds. The third kappa shape index (κ3) is 6.88. The number of aliphatic hydroxyl groups is 4. The van der Waals surface area contributed by atoms with Crippen LogP contribution < -0.4 is 0 Å². The van der Waals surface area contributed by atoms with Crippen LogP contribution in [0, 0.1) is 0 Å². The second-order valence-electron chi connectivity index (χ2n) is 5.22. The van der Waals surface area contributed by atoms with E-state index in [2.05, 4.69) is 6.92 Å². The van der Waals surface area contributed by atoms with Crippen molar-refractivity contribution < 1.29 is 25.5 Å². The topological polar surface area (TPSA) is 104 Å². The number of benzene rings is 1. The maximum atomic E-state index is 9.90. The molecule has 0 fully saturated rings. The largest absolute Gasteiger partial charge is 0.508 e. The van der Waals surface area contributed by atoms with Gasteiger partial charge in [0.2, 0.25) is 0 Å². The van der Waals surface area contributed by atoms with Gasteiger partial charge in [0, 0.05) is 25.2 Å². The van der Waals surface area contributed by atoms with Crippen LogP contribution in [-0.2, 0) is 13.0 Å². The van der Waals surface area contributed by atoms with Gasteiger partial charge >= 0.3 is 0 Å². The van der Waals surface area contributed by atoms with Crippen molar-refractivity contribution >= 4 is 0 Å². The van der Waals surface area contributed by atoms with Crippen LogP contribution in [0.15, 0.2) is 18.2 Å². The molecule has 0 heterocycles. The normalized spacial score (nSPS) is 11.8. The highest BCUT2D eigenvalue weighted by molar-refractivity contribution is 5.36. The number of hydrogen-bond acceptors (Lipinski definition) is 6. The second kappa shape index (κ2) is 8.96. The highest BCUT2D eigenvalue weighted by Gasteiger charge is 2.15. The number of aryl methyl sites for hydroxylation is 1. The van der Waals surface area contributed by atoms with Crippen molar-refractivity contribution in [2.45, 2.75) is 45.3 Å². The number of rotatable bonds is 9. The summed E-state index contributed by atoms with van der Waals surface area (Å²) < 4.78 is 0. The molecule has 1 aromatic carbocycles. The zero-order chi connectivity index (χ0) is 15.8. The molecule has 0 aromatic heterocycles. The molecule has 6 nitrogen and oxygen atoms in total. The summed E-state index contributed by atoms with van der Waals surface area (Å²) in [6, 6.07) is 5.34. The van der Waals surface area contributed by atoms with Gasteiger partial charge in [0.1, 0.15) is 5.75 Å². The highest BCUT2D eigenvalue weighted by atomic mass is 16.5. The highest BCUT2D eigenvalue weighted by Crippen LogP contribution is 2.21. The molecule has 1 aromatic rings. The Labute approximate surface area is 124 Å². The van der Waals surface area contributed by atoms with Crippen LogP contribution in [0.3, 0.4) is 0 Å². The molecule has 0 unspecified atom stereocenters. The summed E-state index contributed by atoms with van der Waals surface area (Å²) in [5.41, 5.74) is 1.73. The standard InChI is InChI=1S/C15H25NO5/c1-2-3-4-11-5-6-13(17)12(7-11)8-16(9-14(18)19)10-15(20)21/h5-7,14-15,17-21H,2-4,8-10H2,1H3. The number of hydrogen-bond donors (Lipinski definition) is 5. The third-order valence-corrected chi connectivity index (χ3v) is 3.20. The molecule has 0 aliphatic carbocycles. The Bertz CT molecular complexity index is 413. The van der Waals surface area contributed by atoms with Gasteiger partial charge in [0.25, 0.3) is 0 Å². The van der Waals surface area contributed by atoms with E-state index in [1.165, 1.54) is 4.90 Å². The Morgan fingerprint density at radius 1 is 1.05 bits per heavy atom. The maximum absolute atomic E-state index is 9.90. The fourth-order valence-electron chi connectivity index (χ4n) is 2.21. The Morgan fingerprint density at radius 3 is 2.19 bits per heavy atom. The quantitative estimate of drug-likeness (QED) is 0.416. The lowest BCUT2D eigenvalue weighted by molar-refractivity contribution is -0.0965. The molecule has 0 bridgehead atoms. The number of phenols is 1. The summed E-state index contributed by atoms with van der Waals surface area (Å²) in [7, 11) is 0. The van der Waals surface area contributed by atoms with Crippen LogP contribution in [0.1, 0.15) is 30.9 Å². The van der Waals surface area contributed by atoms with Gasteiger partial charge in [-0.25, -0.2) is 0 Å². The van der Waals surface area contributed by atoms with Crippen LogP contribution in [-0.4, -0.2) is 56.1 Å². The molecule has 0 saturated carbocycles. The average Bonchev–Trinajstić information content (AvgIpc) is 2.38. The van der Waals surface area contributed by atoms with E-state index in [1.54, 1.807) is 6.07 Å². The van der Waals surface area contributed by atoms with Gasteiger partial charge in [-0.05, 0) is 24.5 Å². The third-order valence-electron chi connectivity index (χ3n) is 3.20. The lowest BCUT2D eigenvalue weighted by atomic mass is 10.0. The Hall–Kier alpha value is -1.18. The lowest BCUT2D eigenvalue weighted by Crippen LogP contribution is -2.37. The van der Waals surface area contributed by atoms with Gasteiger partial charge in [0.05, 0.1) is 0 Å². The second-order valence-corrected chi connectivity index (χ2v) is 5.22. The maximum Gasteiger partial charge on any atom is 0.164 e. The first kappa shape index (κ1) is 17.9. The summed E-state index contributed by atoms with van der Waals surface area (Å²) in [5, 5.41) is 46.1. The Morgan fingerprint density at radius 2 is 1.67 bits per heavy atom. The minimum absolute atomic E-state index is 0.111. The first-order valence-corrected chi connectivity index (χ1v) is 7.17. The van der Waals surface area contributed by atoms with E-state index >= 15 is 0 Å². The van der Waals surface area contributed by atoms with E-state index < -0.39 is 12.6 Å². The fourth-order valence-corrected chi connectivity index (χ4v) is 2.21. The van der Waals surface area contributed by atoms with Crippen LogP contribution in [0.25, 0.3) is 0 Å². The summed E-state index contributed by atoms with van der Waals surface area (Å²) in [6.07, 6.45) is -0.105. The molecule has 0 aliphatic heterocycles. The molecular weight excluding hydrogens is 274 g/mol. The van der Waals surface area contributed by atoms with Gasteiger partial charge < -0.3 is 25.5 Å². The lowest BCUT2D eigenvalue weighted by Gasteiger charge is -2.24. The van der Waals surface area contributed by atoms with Gasteiger partial charge in [-0.15, -0.1) is 0 Å². The smallest absolute Gasteiger partial charge is 0.164 e. The van der Waals surface area contributed by atoms with Crippen molar-refractivity contribution in [2.24, 2.45) is 0 Å². The number of aromatic hydroxyl groups is 1. The number of phenolic OH excluding ortho intramolecular Hbond substituents is 1. The fraction of sp³-hybridized carbons (Fsp3) is 0.600. The van der Waals surface area contributed by atoms with E-state index in [4.69, 9.17) is 20.4 Å². The Kier molecular flexibility index (Phi) is 7.63. The molecule has 0 aliphatic rings. The number of aliphatic hydroxyl groups excluding tert-OH is 2. The van der Waals surface area contributed by atoms with Crippen molar-refractivity contribution in [1.82, 2.24) is 4.90 Å². The van der Waals surface area contributed by atoms with Gasteiger partial charge in [-0.2, -0.15) is 0 Å². The SMILES string of the molecule is CCCCc1ccc(O)c(CN(CC(O)O)CC(O)O)c1. The van der Waals surface area contributed by atoms with Gasteiger partial charge in [0.15, 0.2) is 12.6 Å². The van der Waals surface area contributed by atoms with E-state index in [1.807, 2.05) is 12.1 Å². The summed E-state index contributed by atoms with van der Waals surface area (Å²) in [4.78, 5) is 1.47. The first-order valence-electron chi connectivity index (χ1n) is 7.17. The predicted octanol–water partition coefficient (Wildman–Crippen LogP) is 0.158. The van der Waals surface area contributed by atoms with Crippen molar-refractivity contribution in [2.75, 3.05) is 13.1 Å². The number of nitrogens with zero attached hydrogens (tertiary/aromatic N) is 1. The van der Waals surface area contributed by atoms with Crippen LogP contribution >= 0.6 is 0 Å². The van der Waals surface area contributed by atoms with Crippen molar-refractivity contribution in [3.63, 3.8) is 0 Å². The molecule has 0 radical (unpaired) electrons. The molecule has 6 heteroatoms. The molecule has 5 N–H and O–H groups in total. The van der Waals surface area contributed by atoms with E-state index in [-0.39, 0.29) is 25.4 Å². The monoisotopic (exact) mass is 299 g/mol. The van der Waals surface area contributed by atoms with E-state index in [9.17, 15) is 5.11 Å². The predicted molar refractivity (Wildman–Crippen MR) is 78.4 cm³/mol. The summed E-state index contributed by atoms with van der Waals surface area (Å²) >= 11 is 0. The van der Waals surface area contributed by atoms with Crippen LogP contribution in [0.5, 0.6) is 5.75 Å². The van der Waals surface area contributed by atoms with Crippen LogP contribution in [0.2, 0.25) is 0 Å². The molecule has 0 atom stereocenters. The Balaban J connectivity index is 2.80.